The number of hydrogen-bond donors (Lipinski definition) is 2. The van der Waals surface area contributed by atoms with Gasteiger partial charge in [0, 0.05) is 20.3 Å². The molecule has 4 rings (SSSR count). The number of nitrogens with zero attached hydrogens (tertiary/aromatic N) is 2. The number of carbonyl (C=O) groups is 1. The van der Waals surface area contributed by atoms with Gasteiger partial charge in [0.1, 0.15) is 5.82 Å². The number of benzene rings is 3. The van der Waals surface area contributed by atoms with Crippen LogP contribution in [0.15, 0.2) is 82.4 Å². The van der Waals surface area contributed by atoms with E-state index in [9.17, 15) is 14.4 Å². The van der Waals surface area contributed by atoms with Crippen LogP contribution >= 0.6 is 0 Å². The van der Waals surface area contributed by atoms with Crippen molar-refractivity contribution in [1.29, 1.82) is 0 Å². The summed E-state index contributed by atoms with van der Waals surface area (Å²) in [5.74, 6) is -0.342. The molecule has 180 valence electrons. The highest BCUT2D eigenvalue weighted by Crippen LogP contribution is 2.23. The van der Waals surface area contributed by atoms with E-state index < -0.39 is 11.2 Å². The minimum atomic E-state index is -0.694. The predicted molar refractivity (Wildman–Crippen MR) is 138 cm³/mol. The monoisotopic (exact) mass is 472 g/mol. The Balaban J connectivity index is 1.74. The molecule has 0 unspecified atom stereocenters. The summed E-state index contributed by atoms with van der Waals surface area (Å²) < 4.78 is 6.43. The summed E-state index contributed by atoms with van der Waals surface area (Å²) in [5, 5.41) is 1.99. The summed E-state index contributed by atoms with van der Waals surface area (Å²) in [4.78, 5) is 42.9. The number of hydrogen-bond acceptors (Lipinski definition) is 5. The van der Waals surface area contributed by atoms with Gasteiger partial charge in [0.15, 0.2) is 5.69 Å². The van der Waals surface area contributed by atoms with Crippen LogP contribution in [0.1, 0.15) is 17.5 Å². The van der Waals surface area contributed by atoms with Gasteiger partial charge in [0.25, 0.3) is 5.56 Å². The molecule has 0 aliphatic carbocycles. The Hall–Kier alpha value is -4.17. The van der Waals surface area contributed by atoms with Crippen LogP contribution in [0.2, 0.25) is 0 Å². The molecule has 3 aromatic carbocycles. The highest BCUT2D eigenvalue weighted by atomic mass is 16.5. The molecule has 0 aliphatic rings. The molecular formula is C27H28N4O4. The Morgan fingerprint density at radius 3 is 2.49 bits per heavy atom. The lowest BCUT2D eigenvalue weighted by Crippen LogP contribution is -2.42. The van der Waals surface area contributed by atoms with Crippen molar-refractivity contribution in [1.82, 2.24) is 9.55 Å². The van der Waals surface area contributed by atoms with Gasteiger partial charge in [0.2, 0.25) is 5.91 Å². The lowest BCUT2D eigenvalue weighted by Gasteiger charge is -2.25. The summed E-state index contributed by atoms with van der Waals surface area (Å²) in [6.07, 6.45) is 0.569. The fourth-order valence-electron chi connectivity index (χ4n) is 4.19. The SMILES string of the molecule is COCCCN(C(=O)Cc1cccc2ccccc12)c1c(N)n(Cc2ccccc2)c(=O)[nH]c1=O. The highest BCUT2D eigenvalue weighted by Gasteiger charge is 2.24. The lowest BCUT2D eigenvalue weighted by atomic mass is 10.0. The smallest absolute Gasteiger partial charge is 0.330 e. The number of anilines is 2. The second-order valence-corrected chi connectivity index (χ2v) is 8.27. The van der Waals surface area contributed by atoms with Gasteiger partial charge in [-0.1, -0.05) is 72.8 Å². The second-order valence-electron chi connectivity index (χ2n) is 8.27. The maximum absolute atomic E-state index is 13.6. The first-order valence-electron chi connectivity index (χ1n) is 11.4. The number of ether oxygens (including phenoxy) is 1. The Bertz CT molecular complexity index is 1440. The van der Waals surface area contributed by atoms with Crippen molar-refractivity contribution < 1.29 is 9.53 Å². The van der Waals surface area contributed by atoms with E-state index in [-0.39, 0.29) is 36.9 Å². The van der Waals surface area contributed by atoms with Gasteiger partial charge >= 0.3 is 5.69 Å². The van der Waals surface area contributed by atoms with Crippen LogP contribution < -0.4 is 21.9 Å². The van der Waals surface area contributed by atoms with Crippen LogP contribution in [0.3, 0.4) is 0 Å². The summed E-state index contributed by atoms with van der Waals surface area (Å²) in [6, 6.07) is 22.9. The third-order valence-corrected chi connectivity index (χ3v) is 5.92. The number of rotatable bonds is 9. The van der Waals surface area contributed by atoms with Gasteiger partial charge in [-0.15, -0.1) is 0 Å². The molecule has 0 spiro atoms. The first-order chi connectivity index (χ1) is 17.0. The fraction of sp³-hybridized carbons (Fsp3) is 0.222. The molecule has 35 heavy (non-hydrogen) atoms. The van der Waals surface area contributed by atoms with Crippen molar-refractivity contribution in [2.75, 3.05) is 30.9 Å². The van der Waals surface area contributed by atoms with Gasteiger partial charge in [0.05, 0.1) is 13.0 Å². The summed E-state index contributed by atoms with van der Waals surface area (Å²) >= 11 is 0. The van der Waals surface area contributed by atoms with Gasteiger partial charge in [-0.05, 0) is 28.3 Å². The molecule has 8 heteroatoms. The van der Waals surface area contributed by atoms with Crippen molar-refractivity contribution in [3.8, 4) is 0 Å². The molecule has 0 atom stereocenters. The van der Waals surface area contributed by atoms with Crippen LogP contribution in [-0.4, -0.2) is 35.7 Å². The number of aromatic amines is 1. The first kappa shape index (κ1) is 24.0. The third-order valence-electron chi connectivity index (χ3n) is 5.92. The van der Waals surface area contributed by atoms with Crippen LogP contribution in [0.25, 0.3) is 10.8 Å². The van der Waals surface area contributed by atoms with Crippen LogP contribution in [0.4, 0.5) is 11.5 Å². The molecule has 3 N–H and O–H groups in total. The molecule has 1 heterocycles. The van der Waals surface area contributed by atoms with Crippen molar-refractivity contribution in [2.45, 2.75) is 19.4 Å². The van der Waals surface area contributed by atoms with Crippen molar-refractivity contribution in [3.05, 3.63) is 105 Å². The Labute approximate surface area is 202 Å². The van der Waals surface area contributed by atoms with Crippen LogP contribution in [-0.2, 0) is 22.5 Å². The van der Waals surface area contributed by atoms with Gasteiger partial charge in [-0.25, -0.2) is 4.79 Å². The fourth-order valence-corrected chi connectivity index (χ4v) is 4.19. The average molecular weight is 473 g/mol. The maximum Gasteiger partial charge on any atom is 0.330 e. The standard InChI is InChI=1S/C27H28N4O4/c1-35-16-8-15-30(23(32)17-21-13-7-12-20-11-5-6-14-22(20)21)24-25(28)31(27(34)29-26(24)33)18-19-9-3-2-4-10-19/h2-7,9-14H,8,15-18,28H2,1H3,(H,29,33,34). The predicted octanol–water partition coefficient (Wildman–Crippen LogP) is 2.93. The largest absolute Gasteiger partial charge is 0.385 e. The van der Waals surface area contributed by atoms with E-state index in [1.165, 1.54) is 9.47 Å². The number of amides is 1. The number of methoxy groups -OCH3 is 1. The van der Waals surface area contributed by atoms with E-state index in [2.05, 4.69) is 4.98 Å². The topological polar surface area (TPSA) is 110 Å². The summed E-state index contributed by atoms with van der Waals surface area (Å²) in [7, 11) is 1.57. The van der Waals surface area contributed by atoms with E-state index in [1.54, 1.807) is 7.11 Å². The average Bonchev–Trinajstić information content (AvgIpc) is 2.86. The minimum absolute atomic E-state index is 0.0260. The van der Waals surface area contributed by atoms with E-state index in [0.717, 1.165) is 21.9 Å². The van der Waals surface area contributed by atoms with E-state index in [1.807, 2.05) is 72.8 Å². The molecular weight excluding hydrogens is 444 g/mol. The molecule has 0 aliphatic heterocycles. The molecule has 1 aromatic heterocycles. The van der Waals surface area contributed by atoms with E-state index >= 15 is 0 Å². The molecule has 0 saturated heterocycles. The molecule has 0 radical (unpaired) electrons. The minimum Gasteiger partial charge on any atom is -0.385 e. The zero-order chi connectivity index (χ0) is 24.8. The van der Waals surface area contributed by atoms with Crippen LogP contribution in [0, 0.1) is 0 Å². The number of nitrogens with one attached hydrogen (secondary N) is 1. The lowest BCUT2D eigenvalue weighted by molar-refractivity contribution is -0.118. The van der Waals surface area contributed by atoms with Crippen molar-refractivity contribution in [3.63, 3.8) is 0 Å². The quantitative estimate of drug-likeness (QED) is 0.364. The zero-order valence-corrected chi connectivity index (χ0v) is 19.6. The Kier molecular flexibility index (Phi) is 7.42. The summed E-state index contributed by atoms with van der Waals surface area (Å²) in [5.41, 5.74) is 6.72. The number of nitrogen functional groups attached to an aromatic ring is 1. The molecule has 0 saturated carbocycles. The maximum atomic E-state index is 13.6. The molecule has 0 bridgehead atoms. The van der Waals surface area contributed by atoms with E-state index in [4.69, 9.17) is 10.5 Å². The molecule has 8 nitrogen and oxygen atoms in total. The number of H-pyrrole nitrogens is 1. The number of aromatic nitrogens is 2. The van der Waals surface area contributed by atoms with Gasteiger partial charge < -0.3 is 15.4 Å². The van der Waals surface area contributed by atoms with Gasteiger partial charge in [-0.3, -0.25) is 19.1 Å². The highest BCUT2D eigenvalue weighted by molar-refractivity contribution is 5.99. The number of nitrogens with two attached hydrogens (primary N) is 1. The second kappa shape index (κ2) is 10.8. The van der Waals surface area contributed by atoms with Gasteiger partial charge in [-0.2, -0.15) is 0 Å². The molecule has 1 amide bonds. The normalized spacial score (nSPS) is 11.0. The first-order valence-corrected chi connectivity index (χ1v) is 11.4. The van der Waals surface area contributed by atoms with Crippen molar-refractivity contribution in [2.24, 2.45) is 0 Å². The summed E-state index contributed by atoms with van der Waals surface area (Å²) in [6.45, 7) is 0.784. The van der Waals surface area contributed by atoms with E-state index in [0.29, 0.717) is 13.0 Å². The number of carbonyl (C=O) groups excluding carboxylic acids is 1. The zero-order valence-electron chi connectivity index (χ0n) is 19.6. The third kappa shape index (κ3) is 5.33. The van der Waals surface area contributed by atoms with Crippen molar-refractivity contribution >= 4 is 28.2 Å². The molecule has 0 fully saturated rings. The Morgan fingerprint density at radius 1 is 1.00 bits per heavy atom. The number of fused-ring (bicyclic) bond motifs is 1. The van der Waals surface area contributed by atoms with Crippen LogP contribution in [0.5, 0.6) is 0 Å². The molecule has 4 aromatic rings. The Morgan fingerprint density at radius 2 is 1.71 bits per heavy atom.